The first kappa shape index (κ1) is 16.2. The molecule has 1 fully saturated rings. The molecule has 0 unspecified atom stereocenters. The Morgan fingerprint density at radius 2 is 2.08 bits per heavy atom. The fourth-order valence-corrected chi connectivity index (χ4v) is 3.05. The zero-order valence-corrected chi connectivity index (χ0v) is 14.6. The van der Waals surface area contributed by atoms with E-state index in [-0.39, 0.29) is 18.3 Å². The van der Waals surface area contributed by atoms with Gasteiger partial charge in [-0.25, -0.2) is 0 Å². The van der Waals surface area contributed by atoms with Crippen LogP contribution in [0.4, 0.5) is 0 Å². The van der Waals surface area contributed by atoms with Crippen LogP contribution in [0, 0.1) is 5.41 Å². The molecule has 1 aromatic carbocycles. The predicted molar refractivity (Wildman–Crippen MR) is 93.6 cm³/mol. The molecule has 2 aromatic rings. The van der Waals surface area contributed by atoms with Crippen LogP contribution in [0.15, 0.2) is 30.3 Å². The van der Waals surface area contributed by atoms with E-state index >= 15 is 0 Å². The number of aryl methyl sites for hydroxylation is 2. The van der Waals surface area contributed by atoms with Gasteiger partial charge >= 0.3 is 0 Å². The highest BCUT2D eigenvalue weighted by molar-refractivity contribution is 5.98. The number of nitrogens with one attached hydrogen (secondary N) is 2. The maximum absolute atomic E-state index is 12.1. The van der Waals surface area contributed by atoms with Crippen molar-refractivity contribution < 1.29 is 4.79 Å². The van der Waals surface area contributed by atoms with Gasteiger partial charge in [-0.15, -0.1) is 0 Å². The van der Waals surface area contributed by atoms with Gasteiger partial charge in [0.05, 0.1) is 23.3 Å². The minimum Gasteiger partial charge on any atom is -0.345 e. The summed E-state index contributed by atoms with van der Waals surface area (Å²) < 4.78 is 1.84. The lowest BCUT2D eigenvalue weighted by Crippen LogP contribution is -2.58. The van der Waals surface area contributed by atoms with Gasteiger partial charge in [-0.05, 0) is 31.0 Å². The molecule has 1 saturated heterocycles. The molecule has 0 radical (unpaired) electrons. The molecule has 1 atom stereocenters. The van der Waals surface area contributed by atoms with Crippen LogP contribution in [0.25, 0.3) is 11.3 Å². The Morgan fingerprint density at radius 1 is 1.33 bits per heavy atom. The van der Waals surface area contributed by atoms with Gasteiger partial charge in [-0.1, -0.05) is 25.1 Å². The summed E-state index contributed by atoms with van der Waals surface area (Å²) in [5.74, 6) is 0.0235. The van der Waals surface area contributed by atoms with Crippen LogP contribution in [0.1, 0.15) is 31.5 Å². The topological polar surface area (TPSA) is 74.0 Å². The fraction of sp³-hybridized carbons (Fsp3) is 0.389. The molecule has 3 rings (SSSR count). The van der Waals surface area contributed by atoms with Gasteiger partial charge in [0.25, 0.3) is 0 Å². The van der Waals surface area contributed by atoms with E-state index in [1.165, 1.54) is 10.5 Å². The molecule has 1 aromatic heterocycles. The number of hydrogen-bond donors (Lipinski definition) is 2. The number of rotatable bonds is 3. The van der Waals surface area contributed by atoms with Gasteiger partial charge in [0.15, 0.2) is 5.96 Å². The van der Waals surface area contributed by atoms with E-state index in [9.17, 15) is 4.79 Å². The van der Waals surface area contributed by atoms with E-state index in [1.54, 1.807) is 7.05 Å². The van der Waals surface area contributed by atoms with Crippen LogP contribution in [-0.2, 0) is 23.8 Å². The summed E-state index contributed by atoms with van der Waals surface area (Å²) in [4.78, 5) is 13.5. The van der Waals surface area contributed by atoms with Crippen molar-refractivity contribution in [2.75, 3.05) is 7.05 Å². The molecule has 1 amide bonds. The van der Waals surface area contributed by atoms with Gasteiger partial charge in [0, 0.05) is 19.7 Å². The first-order chi connectivity index (χ1) is 11.3. The van der Waals surface area contributed by atoms with E-state index in [1.807, 2.05) is 24.7 Å². The van der Waals surface area contributed by atoms with Crippen LogP contribution in [-0.4, -0.2) is 33.6 Å². The number of aromatic nitrogens is 2. The Balaban J connectivity index is 1.99. The van der Waals surface area contributed by atoms with Crippen LogP contribution >= 0.6 is 0 Å². The Kier molecular flexibility index (Phi) is 3.91. The summed E-state index contributed by atoms with van der Waals surface area (Å²) in [6, 6.07) is 10.4. The van der Waals surface area contributed by atoms with Gasteiger partial charge in [0.1, 0.15) is 0 Å². The lowest BCUT2D eigenvalue weighted by atomic mass is 9.90. The normalized spacial score (nSPS) is 21.1. The van der Waals surface area contributed by atoms with Gasteiger partial charge in [-0.3, -0.25) is 19.8 Å². The molecule has 6 nitrogen and oxygen atoms in total. The minimum absolute atomic E-state index is 0.0820. The van der Waals surface area contributed by atoms with Gasteiger partial charge < -0.3 is 5.32 Å². The van der Waals surface area contributed by atoms with Crippen molar-refractivity contribution in [3.63, 3.8) is 0 Å². The lowest BCUT2D eigenvalue weighted by Gasteiger charge is -2.38. The average Bonchev–Trinajstić information content (AvgIpc) is 2.95. The number of carbonyl (C=O) groups is 1. The van der Waals surface area contributed by atoms with Crippen LogP contribution < -0.4 is 5.32 Å². The Labute approximate surface area is 142 Å². The largest absolute Gasteiger partial charge is 0.345 e. The number of guanidine groups is 1. The molecule has 126 valence electrons. The molecular formula is C18H23N5O. The number of hydrogen-bond acceptors (Lipinski definition) is 3. The summed E-state index contributed by atoms with van der Waals surface area (Å²) in [6.07, 6.45) is 1.26. The van der Waals surface area contributed by atoms with Crippen molar-refractivity contribution in [2.45, 2.75) is 32.2 Å². The maximum Gasteiger partial charge on any atom is 0.231 e. The number of amides is 1. The molecule has 0 spiro atoms. The molecule has 2 N–H and O–H groups in total. The van der Waals surface area contributed by atoms with Crippen molar-refractivity contribution in [1.82, 2.24) is 20.0 Å². The first-order valence-electron chi connectivity index (χ1n) is 8.11. The fourth-order valence-electron chi connectivity index (χ4n) is 3.05. The van der Waals surface area contributed by atoms with Crippen molar-refractivity contribution >= 4 is 11.9 Å². The third kappa shape index (κ3) is 2.68. The molecule has 6 heteroatoms. The minimum atomic E-state index is -0.668. The second kappa shape index (κ2) is 5.78. The van der Waals surface area contributed by atoms with Crippen molar-refractivity contribution in [3.8, 4) is 11.3 Å². The summed E-state index contributed by atoms with van der Waals surface area (Å²) in [7, 11) is 3.51. The van der Waals surface area contributed by atoms with E-state index in [4.69, 9.17) is 5.41 Å². The van der Waals surface area contributed by atoms with Crippen LogP contribution in [0.2, 0.25) is 0 Å². The van der Waals surface area contributed by atoms with E-state index in [2.05, 4.69) is 41.6 Å². The van der Waals surface area contributed by atoms with Crippen molar-refractivity contribution in [3.05, 3.63) is 41.6 Å². The Bertz CT molecular complexity index is 789. The SMILES string of the molecule is CCc1cccc(-c2cc([C@]3(C)CC(=O)N(C)C(=N)N3)nn2C)c1. The van der Waals surface area contributed by atoms with Crippen LogP contribution in [0.3, 0.4) is 0 Å². The molecule has 2 heterocycles. The van der Waals surface area contributed by atoms with Gasteiger partial charge in [0.2, 0.25) is 5.91 Å². The highest BCUT2D eigenvalue weighted by Crippen LogP contribution is 2.31. The second-order valence-corrected chi connectivity index (χ2v) is 6.53. The molecule has 0 saturated carbocycles. The lowest BCUT2D eigenvalue weighted by molar-refractivity contribution is -0.129. The molecule has 1 aliphatic rings. The summed E-state index contributed by atoms with van der Waals surface area (Å²) in [5, 5.41) is 15.7. The third-order valence-corrected chi connectivity index (χ3v) is 4.68. The number of benzene rings is 1. The summed E-state index contributed by atoms with van der Waals surface area (Å²) in [6.45, 7) is 4.05. The Hall–Kier alpha value is -2.63. The molecule has 1 aliphatic heterocycles. The quantitative estimate of drug-likeness (QED) is 0.909. The smallest absolute Gasteiger partial charge is 0.231 e. The second-order valence-electron chi connectivity index (χ2n) is 6.53. The number of carbonyl (C=O) groups excluding carboxylic acids is 1. The van der Waals surface area contributed by atoms with E-state index in [0.29, 0.717) is 0 Å². The average molecular weight is 325 g/mol. The number of nitrogens with zero attached hydrogens (tertiary/aromatic N) is 3. The molecule has 0 aliphatic carbocycles. The van der Waals surface area contributed by atoms with E-state index < -0.39 is 5.54 Å². The van der Waals surface area contributed by atoms with Crippen LogP contribution in [0.5, 0.6) is 0 Å². The first-order valence-corrected chi connectivity index (χ1v) is 8.11. The zero-order chi connectivity index (χ0) is 17.5. The predicted octanol–water partition coefficient (Wildman–Crippen LogP) is 2.25. The van der Waals surface area contributed by atoms with E-state index in [0.717, 1.165) is 23.4 Å². The van der Waals surface area contributed by atoms with Crippen molar-refractivity contribution in [2.24, 2.45) is 7.05 Å². The van der Waals surface area contributed by atoms with Crippen molar-refractivity contribution in [1.29, 1.82) is 5.41 Å². The highest BCUT2D eigenvalue weighted by Gasteiger charge is 2.40. The molecular weight excluding hydrogens is 302 g/mol. The standard InChI is InChI=1S/C18H23N5O/c1-5-12-7-6-8-13(9-12)14-10-15(21-23(14)4)18(2)11-16(24)22(3)17(19)20-18/h6-10H,5,11H2,1-4H3,(H2,19,20)/t18-/m0/s1. The highest BCUT2D eigenvalue weighted by atomic mass is 16.2. The van der Waals surface area contributed by atoms with Gasteiger partial charge in [-0.2, -0.15) is 5.10 Å². The third-order valence-electron chi connectivity index (χ3n) is 4.68. The monoisotopic (exact) mass is 325 g/mol. The Morgan fingerprint density at radius 3 is 2.75 bits per heavy atom. The molecule has 0 bridgehead atoms. The summed E-state index contributed by atoms with van der Waals surface area (Å²) in [5.41, 5.74) is 3.48. The zero-order valence-electron chi connectivity index (χ0n) is 14.6. The maximum atomic E-state index is 12.1. The summed E-state index contributed by atoms with van der Waals surface area (Å²) >= 11 is 0. The molecule has 24 heavy (non-hydrogen) atoms.